The third-order valence-corrected chi connectivity index (χ3v) is 4.44. The number of thioether (sulfide) groups is 1. The molecular weight excluding hydrogens is 313 g/mol. The van der Waals surface area contributed by atoms with Gasteiger partial charge in [0.05, 0.1) is 10.9 Å². The van der Waals surface area contributed by atoms with Gasteiger partial charge in [-0.1, -0.05) is 48.7 Å². The van der Waals surface area contributed by atoms with Crippen LogP contribution in [0.2, 0.25) is 0 Å². The normalized spacial score (nSPS) is 10.8. The van der Waals surface area contributed by atoms with E-state index in [1.165, 1.54) is 30.0 Å². The predicted molar refractivity (Wildman–Crippen MR) is 92.2 cm³/mol. The highest BCUT2D eigenvalue weighted by Gasteiger charge is 2.10. The summed E-state index contributed by atoms with van der Waals surface area (Å²) in [6.45, 7) is 3.71. The van der Waals surface area contributed by atoms with Gasteiger partial charge in [0.2, 0.25) is 0 Å². The van der Waals surface area contributed by atoms with Crippen molar-refractivity contribution in [3.05, 3.63) is 76.3 Å². The molecule has 2 aromatic carbocycles. The zero-order valence-corrected chi connectivity index (χ0v) is 13.0. The van der Waals surface area contributed by atoms with Crippen molar-refractivity contribution in [2.24, 2.45) is 0 Å². The lowest BCUT2D eigenvalue weighted by Gasteiger charge is -2.08. The average molecular weight is 327 g/mol. The van der Waals surface area contributed by atoms with E-state index in [9.17, 15) is 9.18 Å². The van der Waals surface area contributed by atoms with Crippen LogP contribution in [0.5, 0.6) is 0 Å². The van der Waals surface area contributed by atoms with Crippen LogP contribution in [0.15, 0.2) is 59.0 Å². The van der Waals surface area contributed by atoms with Gasteiger partial charge in [-0.05, 0) is 23.3 Å². The summed E-state index contributed by atoms with van der Waals surface area (Å²) in [5.41, 5.74) is 2.02. The molecule has 1 aromatic heterocycles. The molecule has 0 aliphatic carbocycles. The topological polar surface area (TPSA) is 60.9 Å². The smallest absolute Gasteiger partial charge is 0.280 e. The molecule has 23 heavy (non-hydrogen) atoms. The molecule has 3 aromatic rings. The van der Waals surface area contributed by atoms with Gasteiger partial charge in [0, 0.05) is 11.8 Å². The van der Waals surface area contributed by atoms with E-state index in [0.717, 1.165) is 15.8 Å². The van der Waals surface area contributed by atoms with Crippen molar-refractivity contribution in [2.75, 3.05) is 5.84 Å². The summed E-state index contributed by atoms with van der Waals surface area (Å²) in [4.78, 5) is 16.5. The molecule has 0 radical (unpaired) electrons. The molecule has 0 spiro atoms. The molecule has 0 aliphatic rings. The van der Waals surface area contributed by atoms with Gasteiger partial charge >= 0.3 is 0 Å². The number of hydrogen-bond acceptors (Lipinski definition) is 4. The number of nitrogens with two attached hydrogens (primary N) is 1. The van der Waals surface area contributed by atoms with Gasteiger partial charge in [0.1, 0.15) is 5.82 Å². The molecule has 0 aliphatic heterocycles. The molecule has 0 saturated carbocycles. The second-order valence-electron chi connectivity index (χ2n) is 4.97. The van der Waals surface area contributed by atoms with E-state index < -0.39 is 5.82 Å². The standard InChI is InChI=1S/C17H14FN3OS/c1-2-11-3-5-12(6-4-11)10-23-17-20-15-9-13(18)7-8-14(15)16(22)21(17)19/h2-9H,1,10,19H2. The maximum atomic E-state index is 13.3. The van der Waals surface area contributed by atoms with Gasteiger partial charge in [-0.3, -0.25) is 4.79 Å². The summed E-state index contributed by atoms with van der Waals surface area (Å²) in [5.74, 6) is 5.97. The van der Waals surface area contributed by atoms with Gasteiger partial charge in [-0.2, -0.15) is 0 Å². The molecule has 0 amide bonds. The van der Waals surface area contributed by atoms with E-state index in [1.54, 1.807) is 6.08 Å². The summed E-state index contributed by atoms with van der Waals surface area (Å²) >= 11 is 1.33. The third-order valence-electron chi connectivity index (χ3n) is 3.41. The van der Waals surface area contributed by atoms with Crippen molar-refractivity contribution >= 4 is 28.7 Å². The molecule has 4 nitrogen and oxygen atoms in total. The number of halogens is 1. The molecule has 0 saturated heterocycles. The van der Waals surface area contributed by atoms with Crippen LogP contribution in [0.3, 0.4) is 0 Å². The Bertz CT molecular complexity index is 935. The fraction of sp³-hybridized carbons (Fsp3) is 0.0588. The summed E-state index contributed by atoms with van der Waals surface area (Å²) in [7, 11) is 0. The number of hydrogen-bond donors (Lipinski definition) is 1. The fourth-order valence-corrected chi connectivity index (χ4v) is 3.02. The molecule has 116 valence electrons. The van der Waals surface area contributed by atoms with Crippen LogP contribution in [0.4, 0.5) is 4.39 Å². The Morgan fingerprint density at radius 2 is 2.00 bits per heavy atom. The highest BCUT2D eigenvalue weighted by atomic mass is 32.2. The van der Waals surface area contributed by atoms with Crippen LogP contribution in [-0.4, -0.2) is 9.66 Å². The van der Waals surface area contributed by atoms with Crippen molar-refractivity contribution in [2.45, 2.75) is 10.9 Å². The highest BCUT2D eigenvalue weighted by molar-refractivity contribution is 7.98. The second kappa shape index (κ2) is 6.26. The number of nitrogens with zero attached hydrogens (tertiary/aromatic N) is 2. The number of fused-ring (bicyclic) bond motifs is 1. The van der Waals surface area contributed by atoms with Gasteiger partial charge in [0.25, 0.3) is 5.56 Å². The maximum Gasteiger partial charge on any atom is 0.280 e. The maximum absolute atomic E-state index is 13.3. The Morgan fingerprint density at radius 1 is 1.26 bits per heavy atom. The molecule has 1 heterocycles. The first kappa shape index (κ1) is 15.3. The Hall–Kier alpha value is -2.60. The minimum Gasteiger partial charge on any atom is -0.334 e. The zero-order valence-electron chi connectivity index (χ0n) is 12.2. The van der Waals surface area contributed by atoms with E-state index in [1.807, 2.05) is 24.3 Å². The first-order valence-corrected chi connectivity index (χ1v) is 7.88. The van der Waals surface area contributed by atoms with Gasteiger partial charge in [0.15, 0.2) is 5.16 Å². The Morgan fingerprint density at radius 3 is 2.70 bits per heavy atom. The Labute approximate surface area is 136 Å². The number of nitrogen functional groups attached to an aromatic ring is 1. The lowest BCUT2D eigenvalue weighted by molar-refractivity contribution is 0.628. The van der Waals surface area contributed by atoms with Crippen LogP contribution in [0.1, 0.15) is 11.1 Å². The first-order valence-electron chi connectivity index (χ1n) is 6.90. The van der Waals surface area contributed by atoms with Gasteiger partial charge in [-0.15, -0.1) is 0 Å². The molecule has 3 rings (SSSR count). The first-order chi connectivity index (χ1) is 11.1. The quantitative estimate of drug-likeness (QED) is 0.454. The lowest BCUT2D eigenvalue weighted by Crippen LogP contribution is -2.29. The van der Waals surface area contributed by atoms with Gasteiger partial charge in [-0.25, -0.2) is 14.1 Å². The Kier molecular flexibility index (Phi) is 4.16. The van der Waals surface area contributed by atoms with Crippen LogP contribution in [0, 0.1) is 5.82 Å². The summed E-state index contributed by atoms with van der Waals surface area (Å²) in [6.07, 6.45) is 1.77. The van der Waals surface area contributed by atoms with Crippen LogP contribution in [0.25, 0.3) is 17.0 Å². The van der Waals surface area contributed by atoms with Crippen molar-refractivity contribution < 1.29 is 4.39 Å². The molecule has 2 N–H and O–H groups in total. The lowest BCUT2D eigenvalue weighted by atomic mass is 10.1. The average Bonchev–Trinajstić information content (AvgIpc) is 2.57. The zero-order chi connectivity index (χ0) is 16.4. The number of benzene rings is 2. The molecule has 0 bridgehead atoms. The van der Waals surface area contributed by atoms with E-state index in [-0.39, 0.29) is 5.56 Å². The van der Waals surface area contributed by atoms with Crippen LogP contribution >= 0.6 is 11.8 Å². The van der Waals surface area contributed by atoms with Gasteiger partial charge < -0.3 is 5.84 Å². The third kappa shape index (κ3) is 3.12. The molecule has 0 unspecified atom stereocenters. The number of rotatable bonds is 4. The summed E-state index contributed by atoms with van der Waals surface area (Å²) in [6, 6.07) is 11.7. The van der Waals surface area contributed by atoms with Crippen LogP contribution in [-0.2, 0) is 5.75 Å². The van der Waals surface area contributed by atoms with E-state index in [0.29, 0.717) is 21.8 Å². The Balaban J connectivity index is 1.91. The molecule has 6 heteroatoms. The molecular formula is C17H14FN3OS. The van der Waals surface area contributed by atoms with E-state index in [2.05, 4.69) is 11.6 Å². The van der Waals surface area contributed by atoms with Crippen molar-refractivity contribution in [3.8, 4) is 0 Å². The number of aromatic nitrogens is 2. The second-order valence-corrected chi connectivity index (χ2v) is 5.91. The SMILES string of the molecule is C=Cc1ccc(CSc2nc3cc(F)ccc3c(=O)n2N)cc1. The van der Waals surface area contributed by atoms with Crippen molar-refractivity contribution in [1.29, 1.82) is 0 Å². The monoisotopic (exact) mass is 327 g/mol. The van der Waals surface area contributed by atoms with E-state index >= 15 is 0 Å². The van der Waals surface area contributed by atoms with Crippen LogP contribution < -0.4 is 11.4 Å². The fourth-order valence-electron chi connectivity index (χ4n) is 2.15. The largest absolute Gasteiger partial charge is 0.334 e. The summed E-state index contributed by atoms with van der Waals surface area (Å²) in [5, 5.41) is 0.648. The van der Waals surface area contributed by atoms with Crippen molar-refractivity contribution in [1.82, 2.24) is 9.66 Å². The molecule has 0 fully saturated rings. The highest BCUT2D eigenvalue weighted by Crippen LogP contribution is 2.21. The summed E-state index contributed by atoms with van der Waals surface area (Å²) < 4.78 is 14.3. The van der Waals surface area contributed by atoms with E-state index in [4.69, 9.17) is 5.84 Å². The van der Waals surface area contributed by atoms with Crippen molar-refractivity contribution in [3.63, 3.8) is 0 Å². The molecule has 0 atom stereocenters. The minimum absolute atomic E-state index is 0.300. The predicted octanol–water partition coefficient (Wildman–Crippen LogP) is 3.18. The minimum atomic E-state index is -0.435.